The molecule has 0 heterocycles. The summed E-state index contributed by atoms with van der Waals surface area (Å²) in [5.74, 6) is -0.350. The lowest BCUT2D eigenvalue weighted by Crippen LogP contribution is -2.50. The highest BCUT2D eigenvalue weighted by molar-refractivity contribution is 7.92. The Morgan fingerprint density at radius 1 is 1.00 bits per heavy atom. The van der Waals surface area contributed by atoms with E-state index in [1.807, 2.05) is 77.9 Å². The molecule has 2 rings (SSSR count). The minimum Gasteiger partial charge on any atom is -0.352 e. The van der Waals surface area contributed by atoms with Crippen LogP contribution in [0.15, 0.2) is 42.5 Å². The summed E-state index contributed by atoms with van der Waals surface area (Å²) < 4.78 is 26.4. The maximum atomic E-state index is 13.5. The molecule has 0 aliphatic carbocycles. The fourth-order valence-electron chi connectivity index (χ4n) is 4.19. The Balaban J connectivity index is 2.23. The van der Waals surface area contributed by atoms with Gasteiger partial charge in [0.15, 0.2) is 0 Å². The van der Waals surface area contributed by atoms with Crippen molar-refractivity contribution in [2.24, 2.45) is 0 Å². The SMILES string of the molecule is CC[C@@H](C(=O)NC(C)C)N(Cc1cccc(C)c1)C(=O)CCCN(c1ccc(C)c(C)c1)S(C)(=O)=O. The number of carbonyl (C=O) groups excluding carboxylic acids is 2. The average Bonchev–Trinajstić information content (AvgIpc) is 2.77. The molecule has 0 saturated heterocycles. The second-order valence-electron chi connectivity index (χ2n) is 9.81. The number of benzene rings is 2. The predicted octanol–water partition coefficient (Wildman–Crippen LogP) is 4.49. The fraction of sp³-hybridized carbons (Fsp3) is 0.500. The second-order valence-corrected chi connectivity index (χ2v) is 11.7. The molecule has 36 heavy (non-hydrogen) atoms. The first-order valence-corrected chi connectivity index (χ1v) is 14.4. The van der Waals surface area contributed by atoms with Crippen LogP contribution in [0.3, 0.4) is 0 Å². The number of rotatable bonds is 12. The van der Waals surface area contributed by atoms with Gasteiger partial charge in [-0.1, -0.05) is 42.8 Å². The van der Waals surface area contributed by atoms with Crippen molar-refractivity contribution in [1.82, 2.24) is 10.2 Å². The van der Waals surface area contributed by atoms with Crippen LogP contribution in [0.2, 0.25) is 0 Å². The summed E-state index contributed by atoms with van der Waals surface area (Å²) in [7, 11) is -3.52. The van der Waals surface area contributed by atoms with Crippen molar-refractivity contribution in [3.05, 3.63) is 64.7 Å². The Kier molecular flexibility index (Phi) is 10.5. The summed E-state index contributed by atoms with van der Waals surface area (Å²) in [6.07, 6.45) is 2.13. The lowest BCUT2D eigenvalue weighted by atomic mass is 10.1. The summed E-state index contributed by atoms with van der Waals surface area (Å²) in [6.45, 7) is 12.1. The molecule has 2 aromatic carbocycles. The molecule has 0 saturated carbocycles. The van der Waals surface area contributed by atoms with Crippen molar-refractivity contribution < 1.29 is 18.0 Å². The first-order valence-electron chi connectivity index (χ1n) is 12.5. The van der Waals surface area contributed by atoms with Crippen LogP contribution in [-0.4, -0.2) is 50.0 Å². The Hall–Kier alpha value is -2.87. The van der Waals surface area contributed by atoms with Gasteiger partial charge in [-0.05, 0) is 76.3 Å². The molecule has 2 amide bonds. The third-order valence-electron chi connectivity index (χ3n) is 6.18. The highest BCUT2D eigenvalue weighted by Crippen LogP contribution is 2.22. The largest absolute Gasteiger partial charge is 0.352 e. The molecule has 0 unspecified atom stereocenters. The van der Waals surface area contributed by atoms with Gasteiger partial charge >= 0.3 is 0 Å². The summed E-state index contributed by atoms with van der Waals surface area (Å²) >= 11 is 0. The lowest BCUT2D eigenvalue weighted by molar-refractivity contribution is -0.141. The van der Waals surface area contributed by atoms with E-state index >= 15 is 0 Å². The maximum Gasteiger partial charge on any atom is 0.243 e. The van der Waals surface area contributed by atoms with Gasteiger partial charge in [0.05, 0.1) is 11.9 Å². The highest BCUT2D eigenvalue weighted by atomic mass is 32.2. The summed E-state index contributed by atoms with van der Waals surface area (Å²) in [6, 6.07) is 12.8. The van der Waals surface area contributed by atoms with Gasteiger partial charge in [-0.25, -0.2) is 8.42 Å². The molecular formula is C28H41N3O4S. The molecule has 1 N–H and O–H groups in total. The van der Waals surface area contributed by atoms with Gasteiger partial charge in [0.2, 0.25) is 21.8 Å². The number of nitrogens with one attached hydrogen (secondary N) is 1. The number of carbonyl (C=O) groups is 2. The van der Waals surface area contributed by atoms with Crippen LogP contribution in [-0.2, 0) is 26.2 Å². The first kappa shape index (κ1) is 29.4. The smallest absolute Gasteiger partial charge is 0.243 e. The molecular weight excluding hydrogens is 474 g/mol. The summed E-state index contributed by atoms with van der Waals surface area (Å²) in [5, 5.41) is 2.93. The summed E-state index contributed by atoms with van der Waals surface area (Å²) in [4.78, 5) is 28.1. The van der Waals surface area contributed by atoms with Crippen LogP contribution in [0.5, 0.6) is 0 Å². The minimum absolute atomic E-state index is 0.0382. The number of nitrogens with zero attached hydrogens (tertiary/aromatic N) is 2. The van der Waals surface area contributed by atoms with E-state index in [4.69, 9.17) is 0 Å². The Morgan fingerprint density at radius 2 is 1.69 bits per heavy atom. The van der Waals surface area contributed by atoms with Gasteiger partial charge in [0.25, 0.3) is 0 Å². The van der Waals surface area contributed by atoms with Gasteiger partial charge in [-0.2, -0.15) is 0 Å². The topological polar surface area (TPSA) is 86.8 Å². The average molecular weight is 516 g/mol. The summed E-state index contributed by atoms with van der Waals surface area (Å²) in [5.41, 5.74) is 4.71. The third kappa shape index (κ3) is 8.36. The molecule has 198 valence electrons. The Labute approximate surface area is 216 Å². The number of hydrogen-bond donors (Lipinski definition) is 1. The quantitative estimate of drug-likeness (QED) is 0.451. The van der Waals surface area contributed by atoms with Crippen molar-refractivity contribution in [3.63, 3.8) is 0 Å². The van der Waals surface area contributed by atoms with Crippen molar-refractivity contribution in [1.29, 1.82) is 0 Å². The number of aryl methyl sites for hydroxylation is 3. The van der Waals surface area contributed by atoms with Gasteiger partial charge in [0, 0.05) is 25.6 Å². The zero-order valence-corrected chi connectivity index (χ0v) is 23.5. The zero-order chi connectivity index (χ0) is 27.0. The molecule has 7 nitrogen and oxygen atoms in total. The third-order valence-corrected chi connectivity index (χ3v) is 7.38. The Morgan fingerprint density at radius 3 is 2.25 bits per heavy atom. The number of sulfonamides is 1. The van der Waals surface area contributed by atoms with E-state index in [1.165, 1.54) is 10.6 Å². The standard InChI is InChI=1S/C28H41N3O4S/c1-8-26(28(33)29-20(2)3)30(19-24-12-9-11-21(4)17-24)27(32)13-10-16-31(36(7,34)35)25-15-14-22(5)23(6)18-25/h9,11-12,14-15,17-18,20,26H,8,10,13,16,19H2,1-7H3,(H,29,33)/t26-/m0/s1. The van der Waals surface area contributed by atoms with Gasteiger partial charge in [-0.3, -0.25) is 13.9 Å². The van der Waals surface area contributed by atoms with E-state index in [9.17, 15) is 18.0 Å². The first-order chi connectivity index (χ1) is 16.8. The molecule has 0 fully saturated rings. The normalized spacial score (nSPS) is 12.3. The Bertz CT molecular complexity index is 1160. The van der Waals surface area contributed by atoms with Gasteiger partial charge < -0.3 is 10.2 Å². The highest BCUT2D eigenvalue weighted by Gasteiger charge is 2.29. The molecule has 0 aliphatic heterocycles. The van der Waals surface area contributed by atoms with Crippen molar-refractivity contribution in [2.75, 3.05) is 17.1 Å². The number of amides is 2. The fourth-order valence-corrected chi connectivity index (χ4v) is 5.15. The van der Waals surface area contributed by atoms with E-state index in [2.05, 4.69) is 5.32 Å². The molecule has 0 aromatic heterocycles. The minimum atomic E-state index is -3.52. The molecule has 0 aliphatic rings. The van der Waals surface area contributed by atoms with Crippen molar-refractivity contribution >= 4 is 27.5 Å². The van der Waals surface area contributed by atoms with E-state index in [0.29, 0.717) is 25.1 Å². The molecule has 0 radical (unpaired) electrons. The molecule has 0 spiro atoms. The van der Waals surface area contributed by atoms with E-state index in [0.717, 1.165) is 22.3 Å². The van der Waals surface area contributed by atoms with E-state index < -0.39 is 16.1 Å². The van der Waals surface area contributed by atoms with Crippen LogP contribution in [0.1, 0.15) is 62.3 Å². The van der Waals surface area contributed by atoms with Crippen LogP contribution >= 0.6 is 0 Å². The molecule has 1 atom stereocenters. The zero-order valence-electron chi connectivity index (χ0n) is 22.7. The number of anilines is 1. The van der Waals surface area contributed by atoms with Crippen LogP contribution in [0, 0.1) is 20.8 Å². The van der Waals surface area contributed by atoms with E-state index in [1.54, 1.807) is 11.0 Å². The van der Waals surface area contributed by atoms with Gasteiger partial charge in [0.1, 0.15) is 6.04 Å². The predicted molar refractivity (Wildman–Crippen MR) is 146 cm³/mol. The van der Waals surface area contributed by atoms with Gasteiger partial charge in [-0.15, -0.1) is 0 Å². The maximum absolute atomic E-state index is 13.5. The lowest BCUT2D eigenvalue weighted by Gasteiger charge is -2.31. The van der Waals surface area contributed by atoms with Crippen LogP contribution < -0.4 is 9.62 Å². The van der Waals surface area contributed by atoms with Crippen LogP contribution in [0.4, 0.5) is 5.69 Å². The molecule has 8 heteroatoms. The second kappa shape index (κ2) is 12.9. The van der Waals surface area contributed by atoms with Crippen molar-refractivity contribution in [3.8, 4) is 0 Å². The van der Waals surface area contributed by atoms with Crippen LogP contribution in [0.25, 0.3) is 0 Å². The molecule has 2 aromatic rings. The van der Waals surface area contributed by atoms with Crippen molar-refractivity contribution in [2.45, 2.75) is 79.4 Å². The monoisotopic (exact) mass is 515 g/mol. The van der Waals surface area contributed by atoms with E-state index in [-0.39, 0.29) is 30.8 Å². The molecule has 0 bridgehead atoms. The number of hydrogen-bond acceptors (Lipinski definition) is 4.